The monoisotopic (exact) mass is 357 g/mol. The quantitative estimate of drug-likeness (QED) is 0.649. The summed E-state index contributed by atoms with van der Waals surface area (Å²) in [6.45, 7) is 1.74. The molecular formula is C14H17BrFN3O2. The Morgan fingerprint density at radius 1 is 1.43 bits per heavy atom. The molecule has 0 aromatic heterocycles. The van der Waals surface area contributed by atoms with Gasteiger partial charge in [0, 0.05) is 18.6 Å². The van der Waals surface area contributed by atoms with E-state index in [4.69, 9.17) is 0 Å². The molecule has 1 N–H and O–H groups in total. The van der Waals surface area contributed by atoms with Crippen molar-refractivity contribution >= 4 is 27.3 Å². The maximum absolute atomic E-state index is 13.6. The number of halogens is 2. The van der Waals surface area contributed by atoms with Crippen molar-refractivity contribution in [3.63, 3.8) is 0 Å². The molecule has 1 aliphatic heterocycles. The van der Waals surface area contributed by atoms with Crippen LogP contribution in [0, 0.1) is 15.9 Å². The summed E-state index contributed by atoms with van der Waals surface area (Å²) in [4.78, 5) is 12.8. The zero-order chi connectivity index (χ0) is 15.0. The van der Waals surface area contributed by atoms with Gasteiger partial charge < -0.3 is 10.2 Å². The highest BCUT2D eigenvalue weighted by Gasteiger charge is 2.35. The molecule has 1 saturated heterocycles. The van der Waals surface area contributed by atoms with Crippen LogP contribution >= 0.6 is 15.9 Å². The molecule has 21 heavy (non-hydrogen) atoms. The second-order valence-corrected chi connectivity index (χ2v) is 6.54. The Balaban J connectivity index is 1.94. The third-order valence-electron chi connectivity index (χ3n) is 4.09. The highest BCUT2D eigenvalue weighted by Crippen LogP contribution is 2.39. The van der Waals surface area contributed by atoms with E-state index in [9.17, 15) is 14.5 Å². The molecule has 2 aliphatic rings. The first-order valence-corrected chi connectivity index (χ1v) is 7.99. The first-order valence-electron chi connectivity index (χ1n) is 7.19. The van der Waals surface area contributed by atoms with E-state index in [0.717, 1.165) is 44.8 Å². The van der Waals surface area contributed by atoms with Gasteiger partial charge in [-0.2, -0.15) is 0 Å². The van der Waals surface area contributed by atoms with Crippen LogP contribution in [-0.4, -0.2) is 30.1 Å². The average Bonchev–Trinajstić information content (AvgIpc) is 3.15. The van der Waals surface area contributed by atoms with Crippen LogP contribution in [0.5, 0.6) is 0 Å². The van der Waals surface area contributed by atoms with Crippen molar-refractivity contribution in [2.45, 2.75) is 37.8 Å². The Kier molecular flexibility index (Phi) is 4.12. The van der Waals surface area contributed by atoms with E-state index in [0.29, 0.717) is 17.8 Å². The van der Waals surface area contributed by atoms with Gasteiger partial charge in [-0.25, -0.2) is 4.39 Å². The van der Waals surface area contributed by atoms with Gasteiger partial charge in [0.1, 0.15) is 11.5 Å². The fourth-order valence-electron chi connectivity index (χ4n) is 2.88. The van der Waals surface area contributed by atoms with E-state index in [1.165, 1.54) is 0 Å². The molecule has 0 amide bonds. The smallest absolute Gasteiger partial charge is 0.295 e. The van der Waals surface area contributed by atoms with Gasteiger partial charge in [0.05, 0.1) is 15.5 Å². The standard InChI is InChI=1S/C14H17BrFN3O2/c15-11-6-13(14(19(20)21)7-12(11)16)18(10-3-4-10)8-9-2-1-5-17-9/h6-7,9-10,17H,1-5,8H2. The molecule has 114 valence electrons. The van der Waals surface area contributed by atoms with Crippen LogP contribution in [0.2, 0.25) is 0 Å². The predicted molar refractivity (Wildman–Crippen MR) is 82.1 cm³/mol. The minimum Gasteiger partial charge on any atom is -0.361 e. The number of hydrogen-bond donors (Lipinski definition) is 1. The third-order valence-corrected chi connectivity index (χ3v) is 4.70. The number of nitrogens with zero attached hydrogens (tertiary/aromatic N) is 2. The van der Waals surface area contributed by atoms with Crippen molar-refractivity contribution in [2.24, 2.45) is 0 Å². The Morgan fingerprint density at radius 2 is 2.19 bits per heavy atom. The Labute approximate surface area is 130 Å². The first-order chi connectivity index (χ1) is 10.1. The lowest BCUT2D eigenvalue weighted by Crippen LogP contribution is -2.39. The van der Waals surface area contributed by atoms with Crippen molar-refractivity contribution in [3.05, 3.63) is 32.5 Å². The molecule has 0 radical (unpaired) electrons. The van der Waals surface area contributed by atoms with Gasteiger partial charge in [0.25, 0.3) is 5.69 Å². The maximum Gasteiger partial charge on any atom is 0.295 e. The molecule has 5 nitrogen and oxygen atoms in total. The van der Waals surface area contributed by atoms with E-state index in [1.807, 2.05) is 0 Å². The summed E-state index contributed by atoms with van der Waals surface area (Å²) in [5.74, 6) is -0.597. The van der Waals surface area contributed by atoms with Crippen molar-refractivity contribution in [1.29, 1.82) is 0 Å². The summed E-state index contributed by atoms with van der Waals surface area (Å²) in [7, 11) is 0. The number of nitro benzene ring substituents is 1. The number of nitro groups is 1. The van der Waals surface area contributed by atoms with Gasteiger partial charge in [-0.05, 0) is 54.2 Å². The zero-order valence-corrected chi connectivity index (χ0v) is 13.1. The van der Waals surface area contributed by atoms with Crippen LogP contribution in [0.25, 0.3) is 0 Å². The lowest BCUT2D eigenvalue weighted by molar-refractivity contribution is -0.384. The normalized spacial score (nSPS) is 21.5. The number of rotatable bonds is 5. The molecule has 0 spiro atoms. The van der Waals surface area contributed by atoms with Gasteiger partial charge in [-0.1, -0.05) is 0 Å². The molecule has 1 unspecified atom stereocenters. The van der Waals surface area contributed by atoms with E-state index in [1.54, 1.807) is 6.07 Å². The minimum absolute atomic E-state index is 0.152. The summed E-state index contributed by atoms with van der Waals surface area (Å²) in [5, 5.41) is 14.7. The second kappa shape index (κ2) is 5.88. The Morgan fingerprint density at radius 3 is 2.76 bits per heavy atom. The molecule has 7 heteroatoms. The maximum atomic E-state index is 13.6. The highest BCUT2D eigenvalue weighted by molar-refractivity contribution is 9.10. The molecule has 1 aromatic carbocycles. The highest BCUT2D eigenvalue weighted by atomic mass is 79.9. The third kappa shape index (κ3) is 3.18. The van der Waals surface area contributed by atoms with Crippen LogP contribution < -0.4 is 10.2 Å². The van der Waals surface area contributed by atoms with Gasteiger partial charge in [-0.3, -0.25) is 10.1 Å². The van der Waals surface area contributed by atoms with E-state index >= 15 is 0 Å². The van der Waals surface area contributed by atoms with Crippen LogP contribution in [0.15, 0.2) is 16.6 Å². The Bertz CT molecular complexity index is 559. The van der Waals surface area contributed by atoms with Gasteiger partial charge in [0.2, 0.25) is 0 Å². The van der Waals surface area contributed by atoms with E-state index in [-0.39, 0.29) is 10.2 Å². The molecule has 2 fully saturated rings. The van der Waals surface area contributed by atoms with Crippen LogP contribution in [0.1, 0.15) is 25.7 Å². The SMILES string of the molecule is O=[N+]([O-])c1cc(F)c(Br)cc1N(CC1CCCN1)C1CC1. The number of hydrogen-bond acceptors (Lipinski definition) is 4. The fourth-order valence-corrected chi connectivity index (χ4v) is 3.21. The van der Waals surface area contributed by atoms with E-state index < -0.39 is 10.7 Å². The first kappa shape index (κ1) is 14.7. The van der Waals surface area contributed by atoms with Gasteiger partial charge in [0.15, 0.2) is 0 Å². The molecule has 3 rings (SSSR count). The molecule has 0 bridgehead atoms. The molecule has 1 aromatic rings. The molecule has 1 saturated carbocycles. The Hall–Kier alpha value is -1.21. The van der Waals surface area contributed by atoms with Crippen LogP contribution in [-0.2, 0) is 0 Å². The summed E-state index contributed by atoms with van der Waals surface area (Å²) < 4.78 is 13.9. The molecular weight excluding hydrogens is 341 g/mol. The molecule has 1 atom stereocenters. The lowest BCUT2D eigenvalue weighted by Gasteiger charge is -2.27. The molecule has 1 aliphatic carbocycles. The predicted octanol–water partition coefficient (Wildman–Crippen LogP) is 3.22. The topological polar surface area (TPSA) is 58.4 Å². The van der Waals surface area contributed by atoms with Crippen molar-refractivity contribution in [2.75, 3.05) is 18.0 Å². The van der Waals surface area contributed by atoms with Crippen LogP contribution in [0.3, 0.4) is 0 Å². The average molecular weight is 358 g/mol. The fraction of sp³-hybridized carbons (Fsp3) is 0.571. The summed E-state index contributed by atoms with van der Waals surface area (Å²) in [6, 6.07) is 3.25. The van der Waals surface area contributed by atoms with Gasteiger partial charge in [-0.15, -0.1) is 0 Å². The van der Waals surface area contributed by atoms with E-state index in [2.05, 4.69) is 26.1 Å². The lowest BCUT2D eigenvalue weighted by atomic mass is 10.1. The number of anilines is 1. The summed E-state index contributed by atoms with van der Waals surface area (Å²) in [5.41, 5.74) is 0.366. The van der Waals surface area contributed by atoms with Crippen molar-refractivity contribution in [3.8, 4) is 0 Å². The summed E-state index contributed by atoms with van der Waals surface area (Å²) >= 11 is 3.14. The van der Waals surface area contributed by atoms with Crippen LogP contribution in [0.4, 0.5) is 15.8 Å². The number of benzene rings is 1. The van der Waals surface area contributed by atoms with Crippen molar-refractivity contribution in [1.82, 2.24) is 5.32 Å². The van der Waals surface area contributed by atoms with Gasteiger partial charge >= 0.3 is 0 Å². The largest absolute Gasteiger partial charge is 0.361 e. The molecule has 1 heterocycles. The summed E-state index contributed by atoms with van der Waals surface area (Å²) in [6.07, 6.45) is 4.30. The second-order valence-electron chi connectivity index (χ2n) is 5.69. The van der Waals surface area contributed by atoms with Crippen molar-refractivity contribution < 1.29 is 9.31 Å². The zero-order valence-electron chi connectivity index (χ0n) is 11.5. The number of nitrogens with one attached hydrogen (secondary N) is 1. The minimum atomic E-state index is -0.597.